The van der Waals surface area contributed by atoms with Gasteiger partial charge in [0.2, 0.25) is 0 Å². The molecule has 0 fully saturated rings. The molecular weight excluding hydrogens is 144 g/mol. The molecule has 0 aliphatic carbocycles. The van der Waals surface area contributed by atoms with Gasteiger partial charge in [-0.15, -0.1) is 11.8 Å². The zero-order valence-corrected chi connectivity index (χ0v) is 7.95. The normalized spacial score (nSPS) is 16.8. The Hall–Kier alpha value is 0.310. The van der Waals surface area contributed by atoms with Gasteiger partial charge in [-0.3, -0.25) is 0 Å². The quantitative estimate of drug-likeness (QED) is 0.627. The van der Waals surface area contributed by atoms with Crippen LogP contribution in [0, 0.1) is 5.92 Å². The Kier molecular flexibility index (Phi) is 6.24. The standard InChI is InChI=1S/C8H18OS/c1-4-5-7(2)6-10-8(3)9/h7-9H,4-6H2,1-3H3. The average molecular weight is 162 g/mol. The van der Waals surface area contributed by atoms with Crippen molar-refractivity contribution in [2.75, 3.05) is 5.75 Å². The molecule has 0 aromatic heterocycles. The lowest BCUT2D eigenvalue weighted by molar-refractivity contribution is 0.283. The van der Waals surface area contributed by atoms with Crippen molar-refractivity contribution in [1.82, 2.24) is 0 Å². The summed E-state index contributed by atoms with van der Waals surface area (Å²) in [5, 5.41) is 8.93. The lowest BCUT2D eigenvalue weighted by atomic mass is 10.1. The molecule has 2 heteroatoms. The number of rotatable bonds is 5. The maximum atomic E-state index is 8.93. The van der Waals surface area contributed by atoms with E-state index in [1.54, 1.807) is 11.8 Å². The highest BCUT2D eigenvalue weighted by molar-refractivity contribution is 7.99. The van der Waals surface area contributed by atoms with Gasteiger partial charge in [-0.2, -0.15) is 0 Å². The smallest absolute Gasteiger partial charge is 0.0964 e. The third-order valence-electron chi connectivity index (χ3n) is 1.40. The second-order valence-electron chi connectivity index (χ2n) is 2.83. The van der Waals surface area contributed by atoms with Crippen LogP contribution in [0.1, 0.15) is 33.6 Å². The Morgan fingerprint density at radius 2 is 2.00 bits per heavy atom. The minimum absolute atomic E-state index is 0.195. The number of aliphatic hydroxyl groups is 1. The summed E-state index contributed by atoms with van der Waals surface area (Å²) in [7, 11) is 0. The van der Waals surface area contributed by atoms with Crippen molar-refractivity contribution in [3.8, 4) is 0 Å². The van der Waals surface area contributed by atoms with Gasteiger partial charge in [0.15, 0.2) is 0 Å². The van der Waals surface area contributed by atoms with E-state index in [-0.39, 0.29) is 5.44 Å². The Bertz CT molecular complexity index is 73.7. The fraction of sp³-hybridized carbons (Fsp3) is 1.00. The van der Waals surface area contributed by atoms with Gasteiger partial charge in [0.05, 0.1) is 5.44 Å². The van der Waals surface area contributed by atoms with Gasteiger partial charge in [0.1, 0.15) is 0 Å². The third-order valence-corrected chi connectivity index (χ3v) is 2.65. The minimum Gasteiger partial charge on any atom is -0.383 e. The monoisotopic (exact) mass is 162 g/mol. The van der Waals surface area contributed by atoms with Gasteiger partial charge in [-0.05, 0) is 18.6 Å². The van der Waals surface area contributed by atoms with E-state index >= 15 is 0 Å². The van der Waals surface area contributed by atoms with E-state index < -0.39 is 0 Å². The molecule has 0 heterocycles. The molecular formula is C8H18OS. The molecule has 0 spiro atoms. The highest BCUT2D eigenvalue weighted by Gasteiger charge is 2.02. The predicted octanol–water partition coefficient (Wildman–Crippen LogP) is 2.49. The van der Waals surface area contributed by atoms with Gasteiger partial charge in [0.25, 0.3) is 0 Å². The zero-order chi connectivity index (χ0) is 7.98. The first kappa shape index (κ1) is 10.3. The summed E-state index contributed by atoms with van der Waals surface area (Å²) in [6.07, 6.45) is 2.53. The largest absolute Gasteiger partial charge is 0.383 e. The highest BCUT2D eigenvalue weighted by atomic mass is 32.2. The summed E-state index contributed by atoms with van der Waals surface area (Å²) in [5.41, 5.74) is -0.195. The van der Waals surface area contributed by atoms with Crippen molar-refractivity contribution in [3.63, 3.8) is 0 Å². The molecule has 2 atom stereocenters. The van der Waals surface area contributed by atoms with Gasteiger partial charge >= 0.3 is 0 Å². The summed E-state index contributed by atoms with van der Waals surface area (Å²) < 4.78 is 0. The molecule has 0 saturated heterocycles. The molecule has 0 aromatic rings. The van der Waals surface area contributed by atoms with Crippen molar-refractivity contribution in [1.29, 1.82) is 0 Å². The molecule has 1 nitrogen and oxygen atoms in total. The van der Waals surface area contributed by atoms with Crippen LogP contribution in [0.25, 0.3) is 0 Å². The average Bonchev–Trinajstić information content (AvgIpc) is 1.85. The van der Waals surface area contributed by atoms with Gasteiger partial charge in [0, 0.05) is 0 Å². The first-order valence-electron chi connectivity index (χ1n) is 3.96. The minimum atomic E-state index is -0.195. The zero-order valence-electron chi connectivity index (χ0n) is 7.13. The summed E-state index contributed by atoms with van der Waals surface area (Å²) >= 11 is 1.63. The molecule has 0 aliphatic heterocycles. The number of hydrogen-bond acceptors (Lipinski definition) is 2. The molecule has 0 radical (unpaired) electrons. The Labute approximate surface area is 68.2 Å². The Balaban J connectivity index is 3.12. The van der Waals surface area contributed by atoms with Crippen LogP contribution < -0.4 is 0 Å². The van der Waals surface area contributed by atoms with Crippen molar-refractivity contribution in [3.05, 3.63) is 0 Å². The van der Waals surface area contributed by atoms with E-state index in [0.717, 1.165) is 11.7 Å². The first-order valence-corrected chi connectivity index (χ1v) is 5.01. The van der Waals surface area contributed by atoms with E-state index in [0.29, 0.717) is 0 Å². The highest BCUT2D eigenvalue weighted by Crippen LogP contribution is 2.15. The molecule has 0 aromatic carbocycles. The van der Waals surface area contributed by atoms with E-state index in [4.69, 9.17) is 5.11 Å². The van der Waals surface area contributed by atoms with E-state index in [9.17, 15) is 0 Å². The van der Waals surface area contributed by atoms with Crippen molar-refractivity contribution < 1.29 is 5.11 Å². The van der Waals surface area contributed by atoms with Crippen molar-refractivity contribution in [2.45, 2.75) is 39.0 Å². The van der Waals surface area contributed by atoms with Crippen molar-refractivity contribution >= 4 is 11.8 Å². The molecule has 0 bridgehead atoms. The van der Waals surface area contributed by atoms with Gasteiger partial charge in [-0.1, -0.05) is 26.7 Å². The summed E-state index contributed by atoms with van der Waals surface area (Å²) in [4.78, 5) is 0. The van der Waals surface area contributed by atoms with E-state index in [2.05, 4.69) is 13.8 Å². The van der Waals surface area contributed by atoms with Crippen LogP contribution in [0.5, 0.6) is 0 Å². The fourth-order valence-corrected chi connectivity index (χ4v) is 1.65. The van der Waals surface area contributed by atoms with Crippen LogP contribution in [0.4, 0.5) is 0 Å². The maximum Gasteiger partial charge on any atom is 0.0964 e. The predicted molar refractivity (Wildman–Crippen MR) is 48.2 cm³/mol. The molecule has 2 unspecified atom stereocenters. The van der Waals surface area contributed by atoms with Crippen LogP contribution in [0.2, 0.25) is 0 Å². The Morgan fingerprint density at radius 3 is 2.40 bits per heavy atom. The molecule has 1 N–H and O–H groups in total. The maximum absolute atomic E-state index is 8.93. The summed E-state index contributed by atoms with van der Waals surface area (Å²) in [6.45, 7) is 6.26. The number of thioether (sulfide) groups is 1. The number of hydrogen-bond donors (Lipinski definition) is 1. The Morgan fingerprint density at radius 1 is 1.40 bits per heavy atom. The topological polar surface area (TPSA) is 20.2 Å². The molecule has 10 heavy (non-hydrogen) atoms. The summed E-state index contributed by atoms with van der Waals surface area (Å²) in [6, 6.07) is 0. The first-order chi connectivity index (χ1) is 4.66. The van der Waals surface area contributed by atoms with Crippen molar-refractivity contribution in [2.24, 2.45) is 5.92 Å². The fourth-order valence-electron chi connectivity index (χ4n) is 0.880. The second kappa shape index (κ2) is 6.05. The third kappa shape index (κ3) is 6.43. The van der Waals surface area contributed by atoms with Crippen LogP contribution in [0.3, 0.4) is 0 Å². The molecule has 0 rings (SSSR count). The lowest BCUT2D eigenvalue weighted by Gasteiger charge is -2.10. The van der Waals surface area contributed by atoms with Crippen LogP contribution >= 0.6 is 11.8 Å². The molecule has 0 amide bonds. The number of aliphatic hydroxyl groups excluding tert-OH is 1. The molecule has 0 saturated carbocycles. The van der Waals surface area contributed by atoms with Crippen LogP contribution in [-0.4, -0.2) is 16.3 Å². The van der Waals surface area contributed by atoms with Gasteiger partial charge in [-0.25, -0.2) is 0 Å². The molecule has 62 valence electrons. The summed E-state index contributed by atoms with van der Waals surface area (Å²) in [5.74, 6) is 1.84. The van der Waals surface area contributed by atoms with E-state index in [1.807, 2.05) is 6.92 Å². The second-order valence-corrected chi connectivity index (χ2v) is 4.18. The van der Waals surface area contributed by atoms with Crippen LogP contribution in [0.15, 0.2) is 0 Å². The van der Waals surface area contributed by atoms with Crippen LogP contribution in [-0.2, 0) is 0 Å². The molecule has 0 aliphatic rings. The lowest BCUT2D eigenvalue weighted by Crippen LogP contribution is -2.02. The van der Waals surface area contributed by atoms with Gasteiger partial charge < -0.3 is 5.11 Å². The SMILES string of the molecule is CCCC(C)CSC(C)O. The van der Waals surface area contributed by atoms with E-state index in [1.165, 1.54) is 12.8 Å².